The summed E-state index contributed by atoms with van der Waals surface area (Å²) in [5, 5.41) is 18.5. The molecule has 3 aromatic heterocycles. The van der Waals surface area contributed by atoms with Crippen molar-refractivity contribution in [3.63, 3.8) is 0 Å². The first-order valence-electron chi connectivity index (χ1n) is 20.6. The number of nitrogens with zero attached hydrogens (tertiary/aromatic N) is 4. The summed E-state index contributed by atoms with van der Waals surface area (Å²) in [5.41, 5.74) is 7.32. The van der Waals surface area contributed by atoms with Gasteiger partial charge in [-0.3, -0.25) is 9.97 Å². The van der Waals surface area contributed by atoms with Crippen molar-refractivity contribution in [2.24, 2.45) is 0 Å². The number of anilines is 3. The summed E-state index contributed by atoms with van der Waals surface area (Å²) in [6.07, 6.45) is 14.1. The first-order valence-corrected chi connectivity index (χ1v) is 22.2. The molecule has 8 nitrogen and oxygen atoms in total. The molecule has 1 N–H and O–H groups in total. The zero-order valence-corrected chi connectivity index (χ0v) is 35.6. The maximum atomic E-state index is 11.4. The van der Waals surface area contributed by atoms with Gasteiger partial charge >= 0.3 is 5.97 Å². The second-order valence-corrected chi connectivity index (χ2v) is 16.6. The van der Waals surface area contributed by atoms with Crippen molar-refractivity contribution in [2.45, 2.75) is 65.2 Å². The van der Waals surface area contributed by atoms with Crippen LogP contribution in [0.4, 0.5) is 17.1 Å². The summed E-state index contributed by atoms with van der Waals surface area (Å²) in [7, 11) is 0. The molecule has 0 spiro atoms. The number of fused-ring (bicyclic) bond motifs is 1. The molecule has 7 aromatic rings. The molecule has 60 heavy (non-hydrogen) atoms. The van der Waals surface area contributed by atoms with Gasteiger partial charge in [0.25, 0.3) is 0 Å². The van der Waals surface area contributed by atoms with Crippen LogP contribution in [0.1, 0.15) is 70.1 Å². The second kappa shape index (κ2) is 20.6. The molecule has 0 saturated carbocycles. The van der Waals surface area contributed by atoms with Gasteiger partial charge in [-0.2, -0.15) is 5.26 Å². The first-order chi connectivity index (χ1) is 29.4. The lowest BCUT2D eigenvalue weighted by Gasteiger charge is -2.26. The van der Waals surface area contributed by atoms with E-state index in [0.29, 0.717) is 4.88 Å². The topological polar surface area (TPSA) is 109 Å². The molecular formula is C50H48N4O4S2. The fourth-order valence-electron chi connectivity index (χ4n) is 6.99. The van der Waals surface area contributed by atoms with Crippen LogP contribution >= 0.6 is 22.7 Å². The standard InChI is InChI=1S/C50H48N4O4S2/c1-3-5-7-9-31-57-40-19-15-38(16-20-40)54(39-17-21-41(22-18-39)58-32-10-8-6-4-2)37-13-11-35(12-14-37)45-27-28-47(60-45)44-25-24-43(48-49(44)53-30-29-52-48)46-26-23-42(59-46)33-36(34-51)50(55)56/h11-30,33H,3-10,31-32H2,1-2H3,(H,55,56)/b36-33-. The average molecular weight is 833 g/mol. The Kier molecular flexibility index (Phi) is 14.4. The van der Waals surface area contributed by atoms with Crippen LogP contribution in [0.25, 0.3) is 48.4 Å². The Morgan fingerprint density at radius 3 is 1.62 bits per heavy atom. The highest BCUT2D eigenvalue weighted by molar-refractivity contribution is 7.19. The molecule has 0 amide bonds. The zero-order chi connectivity index (χ0) is 41.7. The smallest absolute Gasteiger partial charge is 0.346 e. The number of hydrogen-bond donors (Lipinski definition) is 1. The molecule has 4 aromatic carbocycles. The Morgan fingerprint density at radius 2 is 1.12 bits per heavy atom. The minimum absolute atomic E-state index is 0.309. The highest BCUT2D eigenvalue weighted by atomic mass is 32.1. The largest absolute Gasteiger partial charge is 0.494 e. The summed E-state index contributed by atoms with van der Waals surface area (Å²) >= 11 is 3.11. The van der Waals surface area contributed by atoms with E-state index in [1.54, 1.807) is 29.8 Å². The molecule has 304 valence electrons. The van der Waals surface area contributed by atoms with Gasteiger partial charge in [0.05, 0.1) is 24.2 Å². The maximum absolute atomic E-state index is 11.4. The van der Waals surface area contributed by atoms with Crippen LogP contribution in [0.15, 0.2) is 127 Å². The van der Waals surface area contributed by atoms with Gasteiger partial charge in [-0.15, -0.1) is 22.7 Å². The number of thiophene rings is 2. The van der Waals surface area contributed by atoms with Crippen molar-refractivity contribution in [3.05, 3.63) is 132 Å². The van der Waals surface area contributed by atoms with E-state index in [9.17, 15) is 15.2 Å². The van der Waals surface area contributed by atoms with Crippen molar-refractivity contribution in [1.29, 1.82) is 5.26 Å². The number of carbonyl (C=O) groups is 1. The minimum Gasteiger partial charge on any atom is -0.494 e. The number of hydrogen-bond acceptors (Lipinski definition) is 9. The van der Waals surface area contributed by atoms with E-state index in [2.05, 4.69) is 110 Å². The van der Waals surface area contributed by atoms with Gasteiger partial charge in [0.1, 0.15) is 23.1 Å². The van der Waals surface area contributed by atoms with Gasteiger partial charge in [-0.05, 0) is 109 Å². The number of rotatable bonds is 20. The van der Waals surface area contributed by atoms with Gasteiger partial charge < -0.3 is 19.5 Å². The Labute approximate surface area is 360 Å². The highest BCUT2D eigenvalue weighted by Crippen LogP contribution is 2.42. The summed E-state index contributed by atoms with van der Waals surface area (Å²) < 4.78 is 12.2. The molecule has 7 rings (SSSR count). The molecule has 0 aliphatic rings. The van der Waals surface area contributed by atoms with Crippen molar-refractivity contribution < 1.29 is 19.4 Å². The Bertz CT molecular complexity index is 2510. The molecule has 0 aliphatic carbocycles. The van der Waals surface area contributed by atoms with Gasteiger partial charge in [0.2, 0.25) is 0 Å². The summed E-state index contributed by atoms with van der Waals surface area (Å²) in [5.74, 6) is 0.502. The number of aliphatic carboxylic acids is 1. The van der Waals surface area contributed by atoms with Crippen LogP contribution < -0.4 is 14.4 Å². The van der Waals surface area contributed by atoms with Crippen molar-refractivity contribution >= 4 is 62.8 Å². The fourth-order valence-corrected chi connectivity index (χ4v) is 9.01. The molecule has 0 bridgehead atoms. The highest BCUT2D eigenvalue weighted by Gasteiger charge is 2.17. The Hall–Kier alpha value is -6.28. The predicted octanol–water partition coefficient (Wildman–Crippen LogP) is 14.1. The molecule has 0 unspecified atom stereocenters. The monoisotopic (exact) mass is 832 g/mol. The van der Waals surface area contributed by atoms with Crippen LogP contribution in [0.2, 0.25) is 0 Å². The molecule has 0 aliphatic heterocycles. The third-order valence-electron chi connectivity index (χ3n) is 10.2. The van der Waals surface area contributed by atoms with E-state index in [0.717, 1.165) is 97.0 Å². The summed E-state index contributed by atoms with van der Waals surface area (Å²) in [4.78, 5) is 26.9. The van der Waals surface area contributed by atoms with E-state index >= 15 is 0 Å². The third-order valence-corrected chi connectivity index (χ3v) is 12.4. The van der Waals surface area contributed by atoms with Gasteiger partial charge in [0.15, 0.2) is 0 Å². The van der Waals surface area contributed by atoms with Crippen LogP contribution in [0.5, 0.6) is 11.5 Å². The summed E-state index contributed by atoms with van der Waals surface area (Å²) in [6.45, 7) is 5.89. The number of nitriles is 1. The van der Waals surface area contributed by atoms with Crippen LogP contribution in [-0.4, -0.2) is 34.3 Å². The van der Waals surface area contributed by atoms with Gasteiger partial charge in [0, 0.05) is 60.1 Å². The Morgan fingerprint density at radius 1 is 0.633 bits per heavy atom. The lowest BCUT2D eigenvalue weighted by Crippen LogP contribution is -2.10. The van der Waals surface area contributed by atoms with Crippen molar-refractivity contribution in [3.8, 4) is 48.9 Å². The van der Waals surface area contributed by atoms with Crippen LogP contribution in [-0.2, 0) is 4.79 Å². The van der Waals surface area contributed by atoms with Crippen LogP contribution in [0, 0.1) is 11.3 Å². The fraction of sp³-hybridized carbons (Fsp3) is 0.240. The van der Waals surface area contributed by atoms with Crippen LogP contribution in [0.3, 0.4) is 0 Å². The maximum Gasteiger partial charge on any atom is 0.346 e. The molecule has 0 radical (unpaired) electrons. The van der Waals surface area contributed by atoms with E-state index in [-0.39, 0.29) is 5.57 Å². The third kappa shape index (κ3) is 10.3. The SMILES string of the molecule is CCCCCCOc1ccc(N(c2ccc(OCCCCCC)cc2)c2ccc(-c3ccc(-c4ccc(-c5ccc(/C=C(/C#N)C(=O)O)s5)c5nccnc45)s3)cc2)cc1. The number of aromatic nitrogens is 2. The second-order valence-electron chi connectivity index (χ2n) is 14.4. The zero-order valence-electron chi connectivity index (χ0n) is 34.0. The number of unbranched alkanes of at least 4 members (excludes halogenated alkanes) is 6. The first kappa shape index (κ1) is 41.9. The quantitative estimate of drug-likeness (QED) is 0.0459. The Balaban J connectivity index is 1.13. The molecule has 0 fully saturated rings. The molecule has 3 heterocycles. The van der Waals surface area contributed by atoms with E-state index in [1.807, 2.05) is 18.2 Å². The summed E-state index contributed by atoms with van der Waals surface area (Å²) in [6, 6.07) is 39.3. The van der Waals surface area contributed by atoms with E-state index in [1.165, 1.54) is 55.9 Å². The lowest BCUT2D eigenvalue weighted by molar-refractivity contribution is -0.132. The number of carboxylic acid groups (broad SMARTS) is 1. The molecule has 0 atom stereocenters. The number of carboxylic acids is 1. The van der Waals surface area contributed by atoms with Gasteiger partial charge in [-0.25, -0.2) is 4.79 Å². The molecule has 10 heteroatoms. The van der Waals surface area contributed by atoms with E-state index < -0.39 is 5.97 Å². The number of benzene rings is 4. The van der Waals surface area contributed by atoms with Gasteiger partial charge in [-0.1, -0.05) is 76.6 Å². The molecule has 0 saturated heterocycles. The number of ether oxygens (including phenoxy) is 2. The lowest BCUT2D eigenvalue weighted by atomic mass is 10.1. The minimum atomic E-state index is -1.25. The van der Waals surface area contributed by atoms with E-state index in [4.69, 9.17) is 19.4 Å². The average Bonchev–Trinajstić information content (AvgIpc) is 3.97. The molecular weight excluding hydrogens is 785 g/mol. The van der Waals surface area contributed by atoms with Crippen molar-refractivity contribution in [1.82, 2.24) is 9.97 Å². The predicted molar refractivity (Wildman–Crippen MR) is 247 cm³/mol. The normalized spacial score (nSPS) is 11.4. The van der Waals surface area contributed by atoms with Crippen molar-refractivity contribution in [2.75, 3.05) is 18.1 Å².